The van der Waals surface area contributed by atoms with Gasteiger partial charge in [-0.1, -0.05) is 24.3 Å². The Kier molecular flexibility index (Phi) is 4.46. The average molecular weight is 330 g/mol. The molecule has 0 saturated carbocycles. The first kappa shape index (κ1) is 15.9. The largest absolute Gasteiger partial charge is 0.376 e. The number of amides is 2. The van der Waals surface area contributed by atoms with E-state index in [1.54, 1.807) is 7.11 Å². The molecule has 130 valence electrons. The molecule has 0 bridgehead atoms. The predicted molar refractivity (Wildman–Crippen MR) is 90.9 cm³/mol. The number of rotatable bonds is 3. The molecule has 2 amide bonds. The summed E-state index contributed by atoms with van der Waals surface area (Å²) in [5, 5.41) is 3.23. The molecule has 1 aromatic rings. The van der Waals surface area contributed by atoms with E-state index in [-0.39, 0.29) is 30.3 Å². The molecule has 0 spiro atoms. The van der Waals surface area contributed by atoms with E-state index < -0.39 is 0 Å². The summed E-state index contributed by atoms with van der Waals surface area (Å²) < 4.78 is 11.5. The molecule has 1 aromatic carbocycles. The number of likely N-dealkylation sites (tertiary alicyclic amines) is 1. The van der Waals surface area contributed by atoms with E-state index in [4.69, 9.17) is 9.47 Å². The number of methoxy groups -OCH3 is 1. The van der Waals surface area contributed by atoms with E-state index in [2.05, 4.69) is 17.4 Å². The first-order chi connectivity index (χ1) is 11.8. The Bertz CT molecular complexity index is 600. The van der Waals surface area contributed by atoms with Gasteiger partial charge in [-0.3, -0.25) is 0 Å². The monoisotopic (exact) mass is 330 g/mol. The summed E-state index contributed by atoms with van der Waals surface area (Å²) in [6.07, 6.45) is 5.29. The van der Waals surface area contributed by atoms with Crippen molar-refractivity contribution in [2.24, 2.45) is 0 Å². The van der Waals surface area contributed by atoms with Gasteiger partial charge in [0.2, 0.25) is 0 Å². The van der Waals surface area contributed by atoms with Gasteiger partial charge in [0.15, 0.2) is 0 Å². The normalized spacial score (nSPS) is 32.1. The van der Waals surface area contributed by atoms with Crippen LogP contribution >= 0.6 is 0 Å². The highest BCUT2D eigenvalue weighted by molar-refractivity contribution is 5.75. The van der Waals surface area contributed by atoms with Crippen LogP contribution in [0.5, 0.6) is 0 Å². The third-order valence-electron chi connectivity index (χ3n) is 5.68. The summed E-state index contributed by atoms with van der Waals surface area (Å²) in [4.78, 5) is 14.9. The van der Waals surface area contributed by atoms with Crippen molar-refractivity contribution < 1.29 is 14.3 Å². The molecular formula is C19H26N2O3. The van der Waals surface area contributed by atoms with Gasteiger partial charge in [-0.25, -0.2) is 4.79 Å². The molecule has 2 unspecified atom stereocenters. The van der Waals surface area contributed by atoms with Crippen LogP contribution in [0.25, 0.3) is 0 Å². The predicted octanol–water partition coefficient (Wildman–Crippen LogP) is 2.65. The second-order valence-corrected chi connectivity index (χ2v) is 7.07. The van der Waals surface area contributed by atoms with Crippen molar-refractivity contribution in [3.05, 3.63) is 35.4 Å². The van der Waals surface area contributed by atoms with Crippen LogP contribution in [0.2, 0.25) is 0 Å². The van der Waals surface area contributed by atoms with Crippen molar-refractivity contribution in [3.8, 4) is 0 Å². The number of urea groups is 1. The van der Waals surface area contributed by atoms with Crippen molar-refractivity contribution in [3.63, 3.8) is 0 Å². The van der Waals surface area contributed by atoms with E-state index >= 15 is 0 Å². The quantitative estimate of drug-likeness (QED) is 0.927. The van der Waals surface area contributed by atoms with Crippen LogP contribution in [0.3, 0.4) is 0 Å². The zero-order valence-electron chi connectivity index (χ0n) is 14.2. The number of hydrogen-bond donors (Lipinski definition) is 1. The highest BCUT2D eigenvalue weighted by Gasteiger charge is 2.39. The SMILES string of the molecule is CO[C@H]1c2ccccc2C[C@H]1NC(=O)N1CCCC1C1CCCO1. The number of nitrogens with zero attached hydrogens (tertiary/aromatic N) is 1. The number of nitrogens with one attached hydrogen (secondary N) is 1. The Labute approximate surface area is 143 Å². The van der Waals surface area contributed by atoms with Crippen LogP contribution in [0.15, 0.2) is 24.3 Å². The van der Waals surface area contributed by atoms with Gasteiger partial charge in [0.25, 0.3) is 0 Å². The number of fused-ring (bicyclic) bond motifs is 1. The lowest BCUT2D eigenvalue weighted by Crippen LogP contribution is -2.51. The summed E-state index contributed by atoms with van der Waals surface area (Å²) in [5.41, 5.74) is 2.47. The Morgan fingerprint density at radius 3 is 2.96 bits per heavy atom. The first-order valence-electron chi connectivity index (χ1n) is 9.07. The highest BCUT2D eigenvalue weighted by Crippen LogP contribution is 2.34. The van der Waals surface area contributed by atoms with Crippen molar-refractivity contribution in [2.45, 2.75) is 56.4 Å². The van der Waals surface area contributed by atoms with Gasteiger partial charge in [0.05, 0.1) is 18.2 Å². The molecule has 4 atom stereocenters. The summed E-state index contributed by atoms with van der Waals surface area (Å²) in [6.45, 7) is 1.66. The molecule has 2 fully saturated rings. The molecule has 5 nitrogen and oxygen atoms in total. The molecule has 1 aliphatic carbocycles. The average Bonchev–Trinajstić information content (AvgIpc) is 3.32. The number of ether oxygens (including phenoxy) is 2. The van der Waals surface area contributed by atoms with E-state index in [0.29, 0.717) is 0 Å². The summed E-state index contributed by atoms with van der Waals surface area (Å²) >= 11 is 0. The molecule has 3 aliphatic rings. The molecule has 0 aromatic heterocycles. The first-order valence-corrected chi connectivity index (χ1v) is 9.07. The lowest BCUT2D eigenvalue weighted by molar-refractivity contribution is 0.0474. The Morgan fingerprint density at radius 2 is 2.17 bits per heavy atom. The lowest BCUT2D eigenvalue weighted by atomic mass is 10.1. The summed E-state index contributed by atoms with van der Waals surface area (Å²) in [7, 11) is 1.72. The third-order valence-corrected chi connectivity index (χ3v) is 5.68. The molecule has 4 rings (SSSR count). The van der Waals surface area contributed by atoms with Gasteiger partial charge < -0.3 is 19.7 Å². The minimum atomic E-state index is -0.0612. The van der Waals surface area contributed by atoms with Crippen LogP contribution in [-0.2, 0) is 15.9 Å². The van der Waals surface area contributed by atoms with E-state index in [9.17, 15) is 4.79 Å². The molecule has 1 N–H and O–H groups in total. The maximum absolute atomic E-state index is 12.9. The fourth-order valence-electron chi connectivity index (χ4n) is 4.56. The zero-order valence-corrected chi connectivity index (χ0v) is 14.2. The van der Waals surface area contributed by atoms with Crippen LogP contribution in [0.1, 0.15) is 42.9 Å². The maximum Gasteiger partial charge on any atom is 0.318 e. The molecule has 0 radical (unpaired) electrons. The summed E-state index contributed by atoms with van der Waals surface area (Å²) in [5.74, 6) is 0. The molecule has 2 heterocycles. The molecule has 24 heavy (non-hydrogen) atoms. The van der Waals surface area contributed by atoms with Gasteiger partial charge in [-0.2, -0.15) is 0 Å². The number of hydrogen-bond acceptors (Lipinski definition) is 3. The molecular weight excluding hydrogens is 304 g/mol. The van der Waals surface area contributed by atoms with Gasteiger partial charge in [-0.15, -0.1) is 0 Å². The lowest BCUT2D eigenvalue weighted by Gasteiger charge is -2.31. The van der Waals surface area contributed by atoms with Gasteiger partial charge in [-0.05, 0) is 43.2 Å². The second-order valence-electron chi connectivity index (χ2n) is 7.07. The Morgan fingerprint density at radius 1 is 1.29 bits per heavy atom. The fraction of sp³-hybridized carbons (Fsp3) is 0.632. The molecule has 5 heteroatoms. The fourth-order valence-corrected chi connectivity index (χ4v) is 4.56. The standard InChI is InChI=1S/C19H26N2O3/c1-23-18-14-7-3-2-6-13(14)12-15(18)20-19(22)21-10-4-8-16(21)17-9-5-11-24-17/h2-3,6-7,15-18H,4-5,8-12H2,1H3,(H,20,22)/t15-,16?,17?,18+/m1/s1. The van der Waals surface area contributed by atoms with Gasteiger partial charge in [0.1, 0.15) is 6.10 Å². The number of benzene rings is 1. The summed E-state index contributed by atoms with van der Waals surface area (Å²) in [6, 6.07) is 8.57. The zero-order chi connectivity index (χ0) is 16.5. The Balaban J connectivity index is 1.44. The minimum absolute atomic E-state index is 0.00523. The molecule has 2 saturated heterocycles. The van der Waals surface area contributed by atoms with Gasteiger partial charge in [0, 0.05) is 20.3 Å². The van der Waals surface area contributed by atoms with E-state index in [1.807, 2.05) is 17.0 Å². The van der Waals surface area contributed by atoms with E-state index in [1.165, 1.54) is 11.1 Å². The Hall–Kier alpha value is -1.59. The van der Waals surface area contributed by atoms with E-state index in [0.717, 1.165) is 45.3 Å². The van der Waals surface area contributed by atoms with Crippen LogP contribution in [0, 0.1) is 0 Å². The topological polar surface area (TPSA) is 50.8 Å². The van der Waals surface area contributed by atoms with Gasteiger partial charge >= 0.3 is 6.03 Å². The van der Waals surface area contributed by atoms with Crippen molar-refractivity contribution in [1.82, 2.24) is 10.2 Å². The van der Waals surface area contributed by atoms with Crippen molar-refractivity contribution >= 4 is 6.03 Å². The molecule has 2 aliphatic heterocycles. The second kappa shape index (κ2) is 6.73. The van der Waals surface area contributed by atoms with Crippen LogP contribution in [-0.4, -0.2) is 49.4 Å². The number of carbonyl (C=O) groups excluding carboxylic acids is 1. The highest BCUT2D eigenvalue weighted by atomic mass is 16.5. The minimum Gasteiger partial charge on any atom is -0.376 e. The van der Waals surface area contributed by atoms with Crippen molar-refractivity contribution in [1.29, 1.82) is 0 Å². The van der Waals surface area contributed by atoms with Crippen molar-refractivity contribution in [2.75, 3.05) is 20.3 Å². The van der Waals surface area contributed by atoms with Crippen LogP contribution < -0.4 is 5.32 Å². The number of carbonyl (C=O) groups is 1. The third kappa shape index (κ3) is 2.80. The maximum atomic E-state index is 12.9. The smallest absolute Gasteiger partial charge is 0.318 e. The van der Waals surface area contributed by atoms with Crippen LogP contribution in [0.4, 0.5) is 4.79 Å².